The third kappa shape index (κ3) is 4.92. The van der Waals surface area contributed by atoms with Gasteiger partial charge in [-0.1, -0.05) is 12.7 Å². The Morgan fingerprint density at radius 1 is 1.58 bits per heavy atom. The average Bonchev–Trinajstić information content (AvgIpc) is 2.02. The minimum Gasteiger partial charge on any atom is -0.350 e. The molecular formula is C7H10N4O. The number of nitrogens with zero attached hydrogens (tertiary/aromatic N) is 2. The smallest absolute Gasteiger partial charge is 0.332 e. The number of aliphatic imine (C=N–C) groups is 1. The van der Waals surface area contributed by atoms with E-state index in [4.69, 9.17) is 5.73 Å². The van der Waals surface area contributed by atoms with Gasteiger partial charge in [-0.2, -0.15) is 5.10 Å². The van der Waals surface area contributed by atoms with E-state index < -0.39 is 6.03 Å². The largest absolute Gasteiger partial charge is 0.350 e. The molecule has 0 aliphatic rings. The van der Waals surface area contributed by atoms with Crippen molar-refractivity contribution in [2.75, 3.05) is 0 Å². The SMILES string of the molecule is C=C/C=C(/C=N/NC(N)=O)N=C. The van der Waals surface area contributed by atoms with Crippen LogP contribution in [-0.2, 0) is 0 Å². The molecule has 0 spiro atoms. The van der Waals surface area contributed by atoms with Crippen LogP contribution in [-0.4, -0.2) is 19.0 Å². The number of amides is 2. The summed E-state index contributed by atoms with van der Waals surface area (Å²) in [6.07, 6.45) is 4.42. The van der Waals surface area contributed by atoms with E-state index in [1.165, 1.54) is 12.3 Å². The molecule has 5 nitrogen and oxygen atoms in total. The van der Waals surface area contributed by atoms with Crippen molar-refractivity contribution in [1.82, 2.24) is 5.43 Å². The van der Waals surface area contributed by atoms with Gasteiger partial charge in [0.2, 0.25) is 0 Å². The van der Waals surface area contributed by atoms with Crippen molar-refractivity contribution >= 4 is 19.0 Å². The summed E-state index contributed by atoms with van der Waals surface area (Å²) < 4.78 is 0. The Bertz CT molecular complexity index is 242. The zero-order chi connectivity index (χ0) is 9.40. The van der Waals surface area contributed by atoms with Gasteiger partial charge in [0, 0.05) is 0 Å². The molecular weight excluding hydrogens is 156 g/mol. The standard InChI is InChI=1S/C7H10N4O/c1-3-4-6(9-2)5-10-11-7(8)12/h3-5H,1-2H2,(H3,8,11,12)/b6-4-,10-5+. The van der Waals surface area contributed by atoms with Gasteiger partial charge in [-0.15, -0.1) is 0 Å². The Hall–Kier alpha value is -1.91. The molecule has 2 amide bonds. The van der Waals surface area contributed by atoms with Crippen molar-refractivity contribution in [1.29, 1.82) is 0 Å². The van der Waals surface area contributed by atoms with E-state index in [-0.39, 0.29) is 0 Å². The molecule has 0 bridgehead atoms. The summed E-state index contributed by atoms with van der Waals surface area (Å²) in [6.45, 7) is 6.73. The van der Waals surface area contributed by atoms with Gasteiger partial charge in [0.05, 0.1) is 11.9 Å². The van der Waals surface area contributed by atoms with E-state index in [0.717, 1.165) is 0 Å². The third-order valence-corrected chi connectivity index (χ3v) is 0.843. The highest BCUT2D eigenvalue weighted by molar-refractivity contribution is 5.81. The number of carbonyl (C=O) groups excluding carboxylic acids is 1. The normalized spacial score (nSPS) is 11.2. The first-order valence-electron chi connectivity index (χ1n) is 3.08. The van der Waals surface area contributed by atoms with Gasteiger partial charge in [0.15, 0.2) is 0 Å². The summed E-state index contributed by atoms with van der Waals surface area (Å²) in [5.41, 5.74) is 7.24. The maximum Gasteiger partial charge on any atom is 0.332 e. The number of urea groups is 1. The zero-order valence-electron chi connectivity index (χ0n) is 6.53. The Kier molecular flexibility index (Phi) is 4.91. The Morgan fingerprint density at radius 3 is 2.67 bits per heavy atom. The number of primary amides is 1. The molecule has 12 heavy (non-hydrogen) atoms. The van der Waals surface area contributed by atoms with Crippen LogP contribution in [0.1, 0.15) is 0 Å². The molecule has 0 fully saturated rings. The van der Waals surface area contributed by atoms with Crippen LogP contribution in [0.4, 0.5) is 4.79 Å². The molecule has 0 radical (unpaired) electrons. The van der Waals surface area contributed by atoms with Gasteiger partial charge in [0.1, 0.15) is 0 Å². The number of hydrogen-bond donors (Lipinski definition) is 2. The number of allylic oxidation sites excluding steroid dienone is 3. The average molecular weight is 166 g/mol. The van der Waals surface area contributed by atoms with Crippen LogP contribution in [0.5, 0.6) is 0 Å². The summed E-state index contributed by atoms with van der Waals surface area (Å²) in [7, 11) is 0. The molecule has 0 heterocycles. The van der Waals surface area contributed by atoms with Gasteiger partial charge in [-0.05, 0) is 12.8 Å². The molecule has 0 unspecified atom stereocenters. The van der Waals surface area contributed by atoms with Crippen LogP contribution in [0.3, 0.4) is 0 Å². The number of nitrogens with two attached hydrogens (primary N) is 1. The highest BCUT2D eigenvalue weighted by Crippen LogP contribution is 1.89. The molecule has 0 aliphatic heterocycles. The minimum atomic E-state index is -0.728. The number of hydrazone groups is 1. The molecule has 0 atom stereocenters. The lowest BCUT2D eigenvalue weighted by molar-refractivity contribution is 0.249. The molecule has 0 aromatic heterocycles. The van der Waals surface area contributed by atoms with Crippen molar-refractivity contribution in [2.24, 2.45) is 15.8 Å². The van der Waals surface area contributed by atoms with Crippen LogP contribution < -0.4 is 11.2 Å². The first-order valence-corrected chi connectivity index (χ1v) is 3.08. The lowest BCUT2D eigenvalue weighted by atomic mass is 10.4. The van der Waals surface area contributed by atoms with E-state index in [9.17, 15) is 4.79 Å². The molecule has 0 saturated carbocycles. The number of rotatable bonds is 4. The van der Waals surface area contributed by atoms with E-state index in [0.29, 0.717) is 5.70 Å². The fourth-order valence-electron chi connectivity index (χ4n) is 0.419. The molecule has 0 rings (SSSR count). The molecule has 3 N–H and O–H groups in total. The van der Waals surface area contributed by atoms with Crippen LogP contribution in [0.2, 0.25) is 0 Å². The quantitative estimate of drug-likeness (QED) is 0.354. The summed E-state index contributed by atoms with van der Waals surface area (Å²) in [5.74, 6) is 0. The summed E-state index contributed by atoms with van der Waals surface area (Å²) in [4.78, 5) is 13.7. The first kappa shape index (κ1) is 10.1. The lowest BCUT2D eigenvalue weighted by Crippen LogP contribution is -2.24. The van der Waals surface area contributed by atoms with Gasteiger partial charge >= 0.3 is 6.03 Å². The Morgan fingerprint density at radius 2 is 2.25 bits per heavy atom. The second-order valence-electron chi connectivity index (χ2n) is 1.72. The zero-order valence-corrected chi connectivity index (χ0v) is 6.53. The van der Waals surface area contributed by atoms with Crippen LogP contribution >= 0.6 is 0 Å². The monoisotopic (exact) mass is 166 g/mol. The highest BCUT2D eigenvalue weighted by atomic mass is 16.2. The topological polar surface area (TPSA) is 79.8 Å². The fraction of sp³-hybridized carbons (Fsp3) is 0. The maximum absolute atomic E-state index is 10.1. The lowest BCUT2D eigenvalue weighted by Gasteiger charge is -1.90. The maximum atomic E-state index is 10.1. The predicted octanol–water partition coefficient (Wildman–Crippen LogP) is 0.411. The molecule has 5 heteroatoms. The van der Waals surface area contributed by atoms with E-state index >= 15 is 0 Å². The summed E-state index contributed by atoms with van der Waals surface area (Å²) >= 11 is 0. The molecule has 0 aliphatic carbocycles. The minimum absolute atomic E-state index is 0.485. The fourth-order valence-corrected chi connectivity index (χ4v) is 0.419. The van der Waals surface area contributed by atoms with Crippen molar-refractivity contribution in [3.05, 3.63) is 24.4 Å². The first-order chi connectivity index (χ1) is 5.70. The number of hydrogen-bond acceptors (Lipinski definition) is 3. The summed E-state index contributed by atoms with van der Waals surface area (Å²) in [6, 6.07) is -0.728. The molecule has 0 saturated heterocycles. The predicted molar refractivity (Wildman–Crippen MR) is 49.0 cm³/mol. The number of carbonyl (C=O) groups is 1. The molecule has 0 aromatic rings. The van der Waals surface area contributed by atoms with Crippen molar-refractivity contribution in [3.63, 3.8) is 0 Å². The summed E-state index contributed by atoms with van der Waals surface area (Å²) in [5, 5.41) is 3.46. The second-order valence-corrected chi connectivity index (χ2v) is 1.72. The van der Waals surface area contributed by atoms with Gasteiger partial charge in [0.25, 0.3) is 0 Å². The molecule has 64 valence electrons. The van der Waals surface area contributed by atoms with Crippen LogP contribution in [0, 0.1) is 0 Å². The number of nitrogens with one attached hydrogen (secondary N) is 1. The van der Waals surface area contributed by atoms with E-state index in [2.05, 4.69) is 23.4 Å². The van der Waals surface area contributed by atoms with Gasteiger partial charge in [-0.25, -0.2) is 10.2 Å². The Balaban J connectivity index is 4.10. The van der Waals surface area contributed by atoms with E-state index in [1.54, 1.807) is 6.08 Å². The van der Waals surface area contributed by atoms with Crippen molar-refractivity contribution in [2.45, 2.75) is 0 Å². The second kappa shape index (κ2) is 5.84. The Labute approximate surface area is 70.4 Å². The van der Waals surface area contributed by atoms with Crippen LogP contribution in [0.15, 0.2) is 34.5 Å². The highest BCUT2D eigenvalue weighted by Gasteiger charge is 1.86. The van der Waals surface area contributed by atoms with Gasteiger partial charge < -0.3 is 5.73 Å². The van der Waals surface area contributed by atoms with E-state index in [1.807, 2.05) is 5.43 Å². The van der Waals surface area contributed by atoms with Gasteiger partial charge in [-0.3, -0.25) is 4.99 Å². The van der Waals surface area contributed by atoms with Crippen molar-refractivity contribution in [3.8, 4) is 0 Å². The van der Waals surface area contributed by atoms with Crippen LogP contribution in [0.25, 0.3) is 0 Å². The molecule has 0 aromatic carbocycles. The van der Waals surface area contributed by atoms with Crippen molar-refractivity contribution < 1.29 is 4.79 Å². The third-order valence-electron chi connectivity index (χ3n) is 0.843.